The van der Waals surface area contributed by atoms with Crippen molar-refractivity contribution < 1.29 is 14.3 Å². The molecule has 4 heterocycles. The van der Waals surface area contributed by atoms with Gasteiger partial charge in [-0.1, -0.05) is 17.8 Å². The van der Waals surface area contributed by atoms with Crippen molar-refractivity contribution in [3.63, 3.8) is 0 Å². The number of nitrogens with one attached hydrogen (secondary N) is 2. The molecule has 2 N–H and O–H groups in total. The molecule has 0 radical (unpaired) electrons. The van der Waals surface area contributed by atoms with E-state index in [9.17, 15) is 9.59 Å². The Balaban J connectivity index is 1.22. The number of ether oxygens (including phenoxy) is 1. The molecule has 0 spiro atoms. The minimum Gasteiger partial charge on any atom is -0.486 e. The molecule has 5 rings (SSSR count). The van der Waals surface area contributed by atoms with Crippen molar-refractivity contribution >= 4 is 17.5 Å². The van der Waals surface area contributed by atoms with E-state index in [2.05, 4.69) is 53.0 Å². The van der Waals surface area contributed by atoms with E-state index < -0.39 is 18.1 Å². The summed E-state index contributed by atoms with van der Waals surface area (Å²) in [5.74, 6) is 9.28. The molecule has 0 saturated carbocycles. The lowest BCUT2D eigenvalue weighted by atomic mass is 10.1. The summed E-state index contributed by atoms with van der Waals surface area (Å²) in [4.78, 5) is 40.8. The van der Waals surface area contributed by atoms with Crippen molar-refractivity contribution in [3.05, 3.63) is 65.5 Å². The summed E-state index contributed by atoms with van der Waals surface area (Å²) in [6, 6.07) is 8.30. The van der Waals surface area contributed by atoms with Crippen molar-refractivity contribution in [3.8, 4) is 29.9 Å². The highest BCUT2D eigenvalue weighted by atomic mass is 16.5. The summed E-state index contributed by atoms with van der Waals surface area (Å²) < 4.78 is 6.11. The molecule has 1 aromatic carbocycles. The van der Waals surface area contributed by atoms with Crippen LogP contribution in [0.4, 0.5) is 5.69 Å². The lowest BCUT2D eigenvalue weighted by molar-refractivity contribution is -0.121. The number of piperazine rings is 1. The standard InChI is InChI=1S/C30H32N8O3/c1-4-13-37-15-17-38(18-16-37)14-5-6-22-7-8-25-24(19-22)36(3)30(40)27(21(2)41-25)33-29(39)28-32-26(34-35-28)20-23-9-11-31-12-10-23/h1,7-12,19,21,27H,13-18,20H2,2-3H3,(H,33,39)(H,32,34,35)/t21-,27+/m1/s1. The number of fused-ring (bicyclic) bond motifs is 1. The Kier molecular flexibility index (Phi) is 8.59. The molecule has 0 bridgehead atoms. The van der Waals surface area contributed by atoms with Gasteiger partial charge in [-0.15, -0.1) is 11.5 Å². The lowest BCUT2D eigenvalue weighted by Crippen LogP contribution is -2.53. The average Bonchev–Trinajstić information content (AvgIpc) is 3.43. The lowest BCUT2D eigenvalue weighted by Gasteiger charge is -2.32. The van der Waals surface area contributed by atoms with E-state index >= 15 is 0 Å². The fourth-order valence-electron chi connectivity index (χ4n) is 4.80. The molecule has 11 heteroatoms. The molecule has 0 unspecified atom stereocenters. The maximum Gasteiger partial charge on any atom is 0.291 e. The summed E-state index contributed by atoms with van der Waals surface area (Å²) in [6.07, 6.45) is 8.63. The predicted octanol–water partition coefficient (Wildman–Crippen LogP) is 0.935. The first-order chi connectivity index (χ1) is 19.9. The van der Waals surface area contributed by atoms with Crippen LogP contribution in [-0.4, -0.2) is 100 Å². The number of terminal acetylenes is 1. The molecular formula is C30H32N8O3. The van der Waals surface area contributed by atoms with Crippen LogP contribution < -0.4 is 15.0 Å². The molecule has 41 heavy (non-hydrogen) atoms. The molecule has 1 fully saturated rings. The number of hydrogen-bond donors (Lipinski definition) is 2. The Morgan fingerprint density at radius 2 is 1.88 bits per heavy atom. The van der Waals surface area contributed by atoms with Crippen LogP contribution in [0.2, 0.25) is 0 Å². The number of carbonyl (C=O) groups is 2. The molecule has 2 amide bonds. The molecule has 3 aromatic rings. The average molecular weight is 553 g/mol. The van der Waals surface area contributed by atoms with Crippen molar-refractivity contribution in [1.29, 1.82) is 0 Å². The molecule has 1 saturated heterocycles. The fourth-order valence-corrected chi connectivity index (χ4v) is 4.80. The first kappa shape index (κ1) is 27.8. The number of nitrogens with zero attached hydrogens (tertiary/aromatic N) is 6. The zero-order chi connectivity index (χ0) is 28.8. The molecule has 210 valence electrons. The van der Waals surface area contributed by atoms with Gasteiger partial charge in [0, 0.05) is 57.6 Å². The summed E-state index contributed by atoms with van der Waals surface area (Å²) in [5, 5.41) is 9.58. The van der Waals surface area contributed by atoms with E-state index in [1.165, 1.54) is 4.90 Å². The Labute approximate surface area is 239 Å². The summed E-state index contributed by atoms with van der Waals surface area (Å²) in [7, 11) is 1.66. The van der Waals surface area contributed by atoms with Gasteiger partial charge in [0.05, 0.1) is 18.8 Å². The molecule has 2 aliphatic heterocycles. The molecule has 0 aliphatic carbocycles. The number of hydrogen-bond acceptors (Lipinski definition) is 8. The number of likely N-dealkylation sites (N-methyl/N-ethyl adjacent to an activating group) is 1. The third-order valence-corrected chi connectivity index (χ3v) is 7.16. The molecule has 11 nitrogen and oxygen atoms in total. The molecule has 2 aromatic heterocycles. The van der Waals surface area contributed by atoms with Gasteiger partial charge in [0.2, 0.25) is 5.82 Å². The van der Waals surface area contributed by atoms with Gasteiger partial charge < -0.3 is 15.0 Å². The predicted molar refractivity (Wildman–Crippen MR) is 153 cm³/mol. The van der Waals surface area contributed by atoms with Crippen molar-refractivity contribution in [2.45, 2.75) is 25.5 Å². The van der Waals surface area contributed by atoms with E-state index in [1.54, 1.807) is 26.4 Å². The maximum atomic E-state index is 13.5. The highest BCUT2D eigenvalue weighted by molar-refractivity contribution is 6.02. The van der Waals surface area contributed by atoms with Gasteiger partial charge in [0.25, 0.3) is 11.8 Å². The maximum absolute atomic E-state index is 13.5. The topological polar surface area (TPSA) is 120 Å². The van der Waals surface area contributed by atoms with E-state index in [0.29, 0.717) is 36.8 Å². The highest BCUT2D eigenvalue weighted by Crippen LogP contribution is 2.33. The fraction of sp³-hybridized carbons (Fsp3) is 0.367. The Bertz CT molecular complexity index is 1500. The first-order valence-electron chi connectivity index (χ1n) is 13.5. The van der Waals surface area contributed by atoms with Crippen LogP contribution in [0.1, 0.15) is 34.5 Å². The quantitative estimate of drug-likeness (QED) is 0.434. The summed E-state index contributed by atoms with van der Waals surface area (Å²) >= 11 is 0. The van der Waals surface area contributed by atoms with Gasteiger partial charge >= 0.3 is 0 Å². The number of carbonyl (C=O) groups excluding carboxylic acids is 2. The van der Waals surface area contributed by atoms with E-state index in [1.807, 2.05) is 30.3 Å². The zero-order valence-corrected chi connectivity index (χ0v) is 23.1. The third kappa shape index (κ3) is 6.72. The van der Waals surface area contributed by atoms with Crippen LogP contribution in [-0.2, 0) is 11.2 Å². The van der Waals surface area contributed by atoms with Gasteiger partial charge in [0.15, 0.2) is 0 Å². The number of rotatable bonds is 6. The Hall–Kier alpha value is -4.71. The smallest absolute Gasteiger partial charge is 0.291 e. The zero-order valence-electron chi connectivity index (χ0n) is 23.1. The number of anilines is 1. The monoisotopic (exact) mass is 552 g/mol. The van der Waals surface area contributed by atoms with Crippen LogP contribution >= 0.6 is 0 Å². The number of benzene rings is 1. The van der Waals surface area contributed by atoms with Gasteiger partial charge in [-0.05, 0) is 42.8 Å². The minimum absolute atomic E-state index is 0.0477. The second-order valence-electron chi connectivity index (χ2n) is 10.1. The van der Waals surface area contributed by atoms with Crippen LogP contribution in [0.5, 0.6) is 5.75 Å². The number of aromatic amines is 1. The van der Waals surface area contributed by atoms with Crippen LogP contribution in [0.15, 0.2) is 42.7 Å². The van der Waals surface area contributed by atoms with Gasteiger partial charge in [-0.25, -0.2) is 4.98 Å². The van der Waals surface area contributed by atoms with E-state index in [-0.39, 0.29) is 11.7 Å². The van der Waals surface area contributed by atoms with Gasteiger partial charge in [-0.2, -0.15) is 0 Å². The van der Waals surface area contributed by atoms with Crippen molar-refractivity contribution in [2.24, 2.45) is 0 Å². The normalized spacial score (nSPS) is 19.2. The van der Waals surface area contributed by atoms with E-state index in [0.717, 1.165) is 37.3 Å². The summed E-state index contributed by atoms with van der Waals surface area (Å²) in [6.45, 7) is 6.81. The number of H-pyrrole nitrogens is 1. The largest absolute Gasteiger partial charge is 0.486 e. The minimum atomic E-state index is -0.940. The number of amides is 2. The Morgan fingerprint density at radius 3 is 2.61 bits per heavy atom. The van der Waals surface area contributed by atoms with Crippen LogP contribution in [0, 0.1) is 24.2 Å². The first-order valence-corrected chi connectivity index (χ1v) is 13.5. The van der Waals surface area contributed by atoms with Crippen LogP contribution in [0.25, 0.3) is 0 Å². The second-order valence-corrected chi connectivity index (χ2v) is 10.1. The molecular weight excluding hydrogens is 520 g/mol. The van der Waals surface area contributed by atoms with Crippen molar-refractivity contribution in [2.75, 3.05) is 51.2 Å². The second kappa shape index (κ2) is 12.6. The van der Waals surface area contributed by atoms with E-state index in [4.69, 9.17) is 11.2 Å². The highest BCUT2D eigenvalue weighted by Gasteiger charge is 2.36. The SMILES string of the molecule is C#CCN1CCN(CC#Cc2ccc3c(c2)N(C)C(=O)[C@@H](NC(=O)c2n[nH]c(Cc4ccncc4)n2)[C@@H](C)O3)CC1. The summed E-state index contributed by atoms with van der Waals surface area (Å²) in [5.41, 5.74) is 2.34. The van der Waals surface area contributed by atoms with Gasteiger partial charge in [0.1, 0.15) is 23.7 Å². The Morgan fingerprint density at radius 1 is 1.15 bits per heavy atom. The molecule has 2 aliphatic rings. The van der Waals surface area contributed by atoms with Crippen LogP contribution in [0.3, 0.4) is 0 Å². The third-order valence-electron chi connectivity index (χ3n) is 7.16. The van der Waals surface area contributed by atoms with Gasteiger partial charge in [-0.3, -0.25) is 29.5 Å². The number of aromatic nitrogens is 4. The number of pyridine rings is 1. The molecule has 2 atom stereocenters. The van der Waals surface area contributed by atoms with Crippen molar-refractivity contribution in [1.82, 2.24) is 35.3 Å².